The molecular formula is C8H13BrN2O3PS2+. The van der Waals surface area contributed by atoms with Crippen LogP contribution in [0.5, 0.6) is 0 Å². The molecular weight excluding hydrogens is 347 g/mol. The summed E-state index contributed by atoms with van der Waals surface area (Å²) in [6.07, 6.45) is 11.7. The molecule has 0 amide bonds. The highest BCUT2D eigenvalue weighted by atomic mass is 79.9. The van der Waals surface area contributed by atoms with E-state index in [0.717, 1.165) is 0 Å². The Morgan fingerprint density at radius 1 is 0.882 bits per heavy atom. The highest BCUT2D eigenvalue weighted by Gasteiger charge is 1.93. The minimum atomic E-state index is -2.87. The highest BCUT2D eigenvalue weighted by Crippen LogP contribution is 1.99. The zero-order chi connectivity index (χ0) is 12.1. The van der Waals surface area contributed by atoms with Crippen LogP contribution in [0.25, 0.3) is 0 Å². The molecule has 0 saturated heterocycles. The normalized spacial score (nSPS) is 13.8. The summed E-state index contributed by atoms with van der Waals surface area (Å²) in [5.74, 6) is 0. The Hall–Kier alpha value is -0.240. The van der Waals surface area contributed by atoms with Crippen molar-refractivity contribution in [3.05, 3.63) is 47.5 Å². The van der Waals surface area contributed by atoms with Crippen LogP contribution in [0.3, 0.4) is 0 Å². The number of halogens is 1. The molecule has 0 bridgehead atoms. The minimum absolute atomic E-state index is 0. The average molecular weight is 360 g/mol. The Balaban J connectivity index is 0. The van der Waals surface area contributed by atoms with Gasteiger partial charge in [0.1, 0.15) is 0 Å². The van der Waals surface area contributed by atoms with Crippen LogP contribution in [0, 0.1) is 0 Å². The fourth-order valence-electron chi connectivity index (χ4n) is 0.516. The van der Waals surface area contributed by atoms with Crippen LogP contribution >= 0.6 is 49.1 Å². The van der Waals surface area contributed by atoms with Crippen molar-refractivity contribution in [1.29, 1.82) is 0 Å². The second-order valence-corrected chi connectivity index (χ2v) is 4.09. The van der Waals surface area contributed by atoms with Crippen molar-refractivity contribution in [1.82, 2.24) is 9.44 Å². The predicted octanol–water partition coefficient (Wildman–Crippen LogP) is 2.74. The summed E-state index contributed by atoms with van der Waals surface area (Å²) in [6.45, 7) is 0. The van der Waals surface area contributed by atoms with Crippen LogP contribution in [-0.2, 0) is 4.57 Å². The third kappa shape index (κ3) is 21.6. The molecule has 0 aromatic rings. The fraction of sp³-hybridized carbons (Fsp3) is 0. The van der Waals surface area contributed by atoms with Gasteiger partial charge in [0.05, 0.1) is 0 Å². The van der Waals surface area contributed by atoms with Gasteiger partial charge in [-0.25, -0.2) is 0 Å². The van der Waals surface area contributed by atoms with Gasteiger partial charge in [-0.2, -0.15) is 0 Å². The van der Waals surface area contributed by atoms with Gasteiger partial charge in [-0.15, -0.1) is 26.8 Å². The molecule has 2 aliphatic heterocycles. The molecule has 0 aliphatic carbocycles. The Labute approximate surface area is 120 Å². The van der Waals surface area contributed by atoms with Crippen LogP contribution in [0.4, 0.5) is 0 Å². The predicted molar refractivity (Wildman–Crippen MR) is 80.4 cm³/mol. The van der Waals surface area contributed by atoms with Crippen LogP contribution in [-0.4, -0.2) is 9.79 Å². The molecule has 0 aromatic heterocycles. The highest BCUT2D eigenvalue weighted by molar-refractivity contribution is 8.93. The van der Waals surface area contributed by atoms with E-state index in [-0.39, 0.29) is 17.0 Å². The van der Waals surface area contributed by atoms with Crippen molar-refractivity contribution in [2.24, 2.45) is 0 Å². The van der Waals surface area contributed by atoms with Gasteiger partial charge in [-0.3, -0.25) is 0 Å². The molecule has 9 heteroatoms. The zero-order valence-electron chi connectivity index (χ0n) is 8.59. The molecule has 0 spiro atoms. The molecule has 2 rings (SSSR count). The summed E-state index contributed by atoms with van der Waals surface area (Å²) in [5.41, 5.74) is 0. The lowest BCUT2D eigenvalue weighted by Gasteiger charge is -1.93. The van der Waals surface area contributed by atoms with E-state index in [1.165, 1.54) is 0 Å². The maximum atomic E-state index is 8.70. The van der Waals surface area contributed by atoms with E-state index >= 15 is 0 Å². The molecule has 2 aliphatic rings. The standard InChI is InChI=1S/2C4H5NS.BrH.HO3P/c2*1-2-4-6-5-3-1;;1-4(2)3/h2*1-5H;1H;(H-,1,2,3)/p+1. The molecule has 2 heterocycles. The molecule has 0 aromatic carbocycles. The number of hydrogen-bond acceptors (Lipinski definition) is 5. The molecule has 0 saturated carbocycles. The number of nitrogens with one attached hydrogen (secondary N) is 2. The molecule has 4 N–H and O–H groups in total. The third-order valence-electron chi connectivity index (χ3n) is 0.980. The largest absolute Gasteiger partial charge is 0.692 e. The van der Waals surface area contributed by atoms with Crippen molar-refractivity contribution in [2.75, 3.05) is 0 Å². The van der Waals surface area contributed by atoms with Crippen LogP contribution in [0.15, 0.2) is 47.5 Å². The summed E-state index contributed by atoms with van der Waals surface area (Å²) in [5, 5.41) is 3.97. The van der Waals surface area contributed by atoms with Gasteiger partial charge in [-0.05, 0) is 46.9 Å². The molecule has 0 radical (unpaired) electrons. The van der Waals surface area contributed by atoms with Gasteiger partial charge in [0, 0.05) is 17.0 Å². The topological polar surface area (TPSA) is 81.6 Å². The molecule has 0 fully saturated rings. The van der Waals surface area contributed by atoms with E-state index in [1.807, 2.05) is 47.5 Å². The third-order valence-corrected chi connectivity index (χ3v) is 2.11. The fourth-order valence-corrected chi connectivity index (χ4v) is 1.33. The zero-order valence-corrected chi connectivity index (χ0v) is 12.8. The van der Waals surface area contributed by atoms with Crippen molar-refractivity contribution < 1.29 is 14.4 Å². The maximum absolute atomic E-state index is 8.70. The summed E-state index contributed by atoms with van der Waals surface area (Å²) in [6, 6.07) is 0. The number of allylic oxidation sites excluding steroid dienone is 4. The van der Waals surface area contributed by atoms with Crippen molar-refractivity contribution >= 4 is 49.1 Å². The van der Waals surface area contributed by atoms with E-state index in [4.69, 9.17) is 14.4 Å². The summed E-state index contributed by atoms with van der Waals surface area (Å²) >= 11 is 3.16. The van der Waals surface area contributed by atoms with Crippen LogP contribution in [0.2, 0.25) is 0 Å². The lowest BCUT2D eigenvalue weighted by molar-refractivity contribution is 0.405. The first kappa shape index (κ1) is 19.1. The van der Waals surface area contributed by atoms with Crippen molar-refractivity contribution in [3.63, 3.8) is 0 Å². The van der Waals surface area contributed by atoms with Crippen LogP contribution < -0.4 is 9.44 Å². The second-order valence-electron chi connectivity index (χ2n) is 2.10. The molecule has 17 heavy (non-hydrogen) atoms. The molecule has 96 valence electrons. The summed E-state index contributed by atoms with van der Waals surface area (Å²) in [4.78, 5) is 14.2. The van der Waals surface area contributed by atoms with E-state index < -0.39 is 8.25 Å². The number of hydrogen-bond donors (Lipinski definition) is 4. The van der Waals surface area contributed by atoms with E-state index in [1.54, 1.807) is 23.9 Å². The minimum Gasteiger partial charge on any atom is -0.333 e. The Bertz CT molecular complexity index is 259. The van der Waals surface area contributed by atoms with Crippen LogP contribution in [0.1, 0.15) is 0 Å². The average Bonchev–Trinajstić information content (AvgIpc) is 2.34. The van der Waals surface area contributed by atoms with Crippen molar-refractivity contribution in [2.45, 2.75) is 0 Å². The Morgan fingerprint density at radius 3 is 1.29 bits per heavy atom. The van der Waals surface area contributed by atoms with Gasteiger partial charge < -0.3 is 9.44 Å². The van der Waals surface area contributed by atoms with Gasteiger partial charge in [0.15, 0.2) is 0 Å². The smallest absolute Gasteiger partial charge is 0.333 e. The molecule has 0 atom stereocenters. The van der Waals surface area contributed by atoms with E-state index in [2.05, 4.69) is 9.44 Å². The van der Waals surface area contributed by atoms with E-state index in [9.17, 15) is 0 Å². The number of rotatable bonds is 0. The van der Waals surface area contributed by atoms with Crippen molar-refractivity contribution in [3.8, 4) is 0 Å². The quantitative estimate of drug-likeness (QED) is 0.391. The Kier molecular flexibility index (Phi) is 17.7. The summed E-state index contributed by atoms with van der Waals surface area (Å²) < 4.78 is 14.6. The first-order valence-electron chi connectivity index (χ1n) is 4.04. The molecule has 0 unspecified atom stereocenters. The van der Waals surface area contributed by atoms with Gasteiger partial charge in [0.2, 0.25) is 0 Å². The Morgan fingerprint density at radius 2 is 1.24 bits per heavy atom. The van der Waals surface area contributed by atoms with Gasteiger partial charge in [0.25, 0.3) is 0 Å². The summed E-state index contributed by atoms with van der Waals surface area (Å²) in [7, 11) is -2.87. The monoisotopic (exact) mass is 359 g/mol. The first-order chi connectivity index (χ1) is 7.73. The van der Waals surface area contributed by atoms with Gasteiger partial charge in [-0.1, -0.05) is 12.2 Å². The SMILES string of the molecule is Br.C1=CNSC=C1.C1=CNSC=C1.O=[P+](O)O. The van der Waals surface area contributed by atoms with E-state index in [0.29, 0.717) is 0 Å². The van der Waals surface area contributed by atoms with Gasteiger partial charge >= 0.3 is 8.25 Å². The lowest BCUT2D eigenvalue weighted by Crippen LogP contribution is -1.88. The maximum Gasteiger partial charge on any atom is 0.692 e. The second kappa shape index (κ2) is 15.8. The lowest BCUT2D eigenvalue weighted by atomic mass is 10.6. The molecule has 5 nitrogen and oxygen atoms in total. The first-order valence-corrected chi connectivity index (χ1v) is 6.96.